The van der Waals surface area contributed by atoms with Gasteiger partial charge in [-0.15, -0.1) is 34.2 Å². The average Bonchev–Trinajstić information content (AvgIpc) is 3.53. The number of pyridine rings is 1. The van der Waals surface area contributed by atoms with Crippen molar-refractivity contribution in [2.45, 2.75) is 4.90 Å². The first kappa shape index (κ1) is 21.9. The second-order valence-electron chi connectivity index (χ2n) is 6.33. The van der Waals surface area contributed by atoms with Gasteiger partial charge in [-0.05, 0) is 40.9 Å². The molecule has 1 radical (unpaired) electrons. The van der Waals surface area contributed by atoms with Crippen LogP contribution in [-0.2, 0) is 20.1 Å². The molecular weight excluding hydrogens is 619 g/mol. The molecule has 4 heterocycles. The maximum Gasteiger partial charge on any atom is 0.116 e. The number of rotatable bonds is 2. The molecule has 31 heavy (non-hydrogen) atoms. The zero-order valence-corrected chi connectivity index (χ0v) is 20.9. The van der Waals surface area contributed by atoms with E-state index in [0.717, 1.165) is 32.5 Å². The van der Waals surface area contributed by atoms with E-state index in [-0.39, 0.29) is 20.1 Å². The summed E-state index contributed by atoms with van der Waals surface area (Å²) in [6.45, 7) is 0. The minimum atomic E-state index is 0. The number of benzene rings is 2. The summed E-state index contributed by atoms with van der Waals surface area (Å²) in [5, 5.41) is 10.6. The molecule has 0 atom stereocenters. The Morgan fingerprint density at radius 2 is 1.77 bits per heavy atom. The van der Waals surface area contributed by atoms with Gasteiger partial charge in [-0.25, -0.2) is 16.3 Å². The Morgan fingerprint density at radius 3 is 2.55 bits per heavy atom. The standard InChI is InChI=1S/C15H9N2S2.C9H6NS.Ir/c1-3-7-12-10(5-1)16-14(18-12)9-15-17-11-6-2-4-8-13(11)19-15;1-2-5-10-9(3-1)8-4-6-11-7-8;/h1-9H;1-3,5-7H;/q2*-1;/b14-9+;;. The molecule has 1 aliphatic heterocycles. The van der Waals surface area contributed by atoms with Gasteiger partial charge in [-0.3, -0.25) is 0 Å². The van der Waals surface area contributed by atoms with Crippen molar-refractivity contribution < 1.29 is 20.1 Å². The maximum atomic E-state index is 4.61. The van der Waals surface area contributed by atoms with Crippen molar-refractivity contribution in [3.8, 4) is 11.3 Å². The van der Waals surface area contributed by atoms with Gasteiger partial charge in [0, 0.05) is 26.3 Å². The predicted molar refractivity (Wildman–Crippen MR) is 129 cm³/mol. The molecule has 2 aromatic carbocycles. The first-order valence-corrected chi connectivity index (χ1v) is 11.8. The van der Waals surface area contributed by atoms with Crippen molar-refractivity contribution >= 4 is 56.4 Å². The van der Waals surface area contributed by atoms with Gasteiger partial charge < -0.3 is 10.3 Å². The van der Waals surface area contributed by atoms with Crippen LogP contribution in [0.1, 0.15) is 5.01 Å². The molecule has 0 unspecified atom stereocenters. The van der Waals surface area contributed by atoms with E-state index in [1.807, 2.05) is 65.4 Å². The third-order valence-corrected chi connectivity index (χ3v) is 6.87. The summed E-state index contributed by atoms with van der Waals surface area (Å²) in [5.74, 6) is 0. The van der Waals surface area contributed by atoms with Gasteiger partial charge in [0.15, 0.2) is 0 Å². The van der Waals surface area contributed by atoms with Crippen LogP contribution >= 0.6 is 34.4 Å². The molecular formula is C24H15IrN3S3-2. The number of fused-ring (bicyclic) bond motifs is 2. The summed E-state index contributed by atoms with van der Waals surface area (Å²) >= 11 is 5.04. The van der Waals surface area contributed by atoms with E-state index in [2.05, 4.69) is 39.6 Å². The zero-order valence-electron chi connectivity index (χ0n) is 16.1. The molecule has 0 saturated carbocycles. The van der Waals surface area contributed by atoms with Crippen LogP contribution in [-0.4, -0.2) is 9.97 Å². The molecule has 155 valence electrons. The third-order valence-electron chi connectivity index (χ3n) is 4.28. The van der Waals surface area contributed by atoms with Crippen molar-refractivity contribution in [2.24, 2.45) is 0 Å². The van der Waals surface area contributed by atoms with Crippen LogP contribution in [0.5, 0.6) is 0 Å². The monoisotopic (exact) mass is 634 g/mol. The van der Waals surface area contributed by atoms with E-state index in [4.69, 9.17) is 0 Å². The molecule has 0 spiro atoms. The van der Waals surface area contributed by atoms with Gasteiger partial charge in [0.2, 0.25) is 0 Å². The fourth-order valence-electron chi connectivity index (χ4n) is 2.90. The van der Waals surface area contributed by atoms with Crippen molar-refractivity contribution in [2.75, 3.05) is 0 Å². The minimum Gasteiger partial charge on any atom is -0.651 e. The first-order valence-electron chi connectivity index (χ1n) is 9.26. The second kappa shape index (κ2) is 10.4. The Morgan fingerprint density at radius 1 is 0.935 bits per heavy atom. The van der Waals surface area contributed by atoms with E-state index in [0.29, 0.717) is 0 Å². The number of aromatic nitrogens is 2. The van der Waals surface area contributed by atoms with Crippen LogP contribution in [0.15, 0.2) is 93.6 Å². The molecule has 0 amide bonds. The summed E-state index contributed by atoms with van der Waals surface area (Å²) in [4.78, 5) is 10.0. The van der Waals surface area contributed by atoms with Crippen molar-refractivity contribution in [1.82, 2.24) is 9.97 Å². The summed E-state index contributed by atoms with van der Waals surface area (Å²) in [6, 6.07) is 25.4. The molecule has 0 saturated heterocycles. The third kappa shape index (κ3) is 5.32. The number of thiazole rings is 1. The van der Waals surface area contributed by atoms with Crippen LogP contribution in [0.2, 0.25) is 0 Å². The molecule has 0 aliphatic carbocycles. The number of hydrogen-bond donors (Lipinski definition) is 0. The van der Waals surface area contributed by atoms with Crippen molar-refractivity contribution in [3.05, 3.63) is 105 Å². The quantitative estimate of drug-likeness (QED) is 0.185. The number of nitrogens with zero attached hydrogens (tertiary/aromatic N) is 3. The minimum absolute atomic E-state index is 0. The van der Waals surface area contributed by atoms with E-state index < -0.39 is 0 Å². The topological polar surface area (TPSA) is 39.9 Å². The fraction of sp³-hybridized carbons (Fsp3) is 0. The van der Waals surface area contributed by atoms with Crippen LogP contribution < -0.4 is 0 Å². The Kier molecular flexibility index (Phi) is 7.33. The fourth-order valence-corrected chi connectivity index (χ4v) is 5.37. The second-order valence-corrected chi connectivity index (χ2v) is 9.20. The van der Waals surface area contributed by atoms with Gasteiger partial charge in [0.05, 0.1) is 10.2 Å². The summed E-state index contributed by atoms with van der Waals surface area (Å²) < 4.78 is 1.22. The Labute approximate surface area is 206 Å². The molecule has 0 bridgehead atoms. The molecule has 0 fully saturated rings. The Balaban J connectivity index is 0.000000165. The Bertz CT molecular complexity index is 1240. The van der Waals surface area contributed by atoms with Gasteiger partial charge in [0.1, 0.15) is 5.01 Å². The van der Waals surface area contributed by atoms with Crippen LogP contribution in [0.3, 0.4) is 0 Å². The molecule has 1 aliphatic rings. The molecule has 5 aromatic rings. The molecule has 3 nitrogen and oxygen atoms in total. The molecule has 6 rings (SSSR count). The molecule has 0 N–H and O–H groups in total. The number of hydrogen-bond acceptors (Lipinski definition) is 5. The number of thiophene rings is 1. The van der Waals surface area contributed by atoms with Crippen LogP contribution in [0, 0.1) is 6.07 Å². The summed E-state index contributed by atoms with van der Waals surface area (Å²) in [7, 11) is 0. The Hall–Kier alpha value is -2.28. The van der Waals surface area contributed by atoms with Gasteiger partial charge in [0.25, 0.3) is 0 Å². The van der Waals surface area contributed by atoms with Crippen molar-refractivity contribution in [3.63, 3.8) is 0 Å². The normalized spacial score (nSPS) is 13.1. The molecule has 3 aromatic heterocycles. The van der Waals surface area contributed by atoms with Gasteiger partial charge in [-0.2, -0.15) is 11.6 Å². The van der Waals surface area contributed by atoms with Crippen LogP contribution in [0.25, 0.3) is 32.9 Å². The van der Waals surface area contributed by atoms with E-state index in [1.165, 1.54) is 9.60 Å². The number of para-hydroxylation sites is 2. The predicted octanol–water partition coefficient (Wildman–Crippen LogP) is 8.01. The van der Waals surface area contributed by atoms with Gasteiger partial charge >= 0.3 is 0 Å². The van der Waals surface area contributed by atoms with E-state index >= 15 is 0 Å². The average molecular weight is 634 g/mol. The maximum absolute atomic E-state index is 4.61. The van der Waals surface area contributed by atoms with Crippen molar-refractivity contribution in [1.29, 1.82) is 0 Å². The van der Waals surface area contributed by atoms with E-state index in [1.54, 1.807) is 40.6 Å². The van der Waals surface area contributed by atoms with Crippen LogP contribution in [0.4, 0.5) is 5.69 Å². The first-order chi connectivity index (χ1) is 14.8. The zero-order chi connectivity index (χ0) is 20.2. The molecule has 7 heteroatoms. The SMILES string of the molecule is C(=C1/[N-]c2ccccc2S1)/c1nc2ccccc2s1.[Ir].[c-]1cscc1-c1ccccn1. The summed E-state index contributed by atoms with van der Waals surface area (Å²) in [6.07, 6.45) is 3.86. The number of thioether (sulfide) groups is 1. The van der Waals surface area contributed by atoms with E-state index in [9.17, 15) is 0 Å². The summed E-state index contributed by atoms with van der Waals surface area (Å²) in [5.41, 5.74) is 4.18. The van der Waals surface area contributed by atoms with Gasteiger partial charge in [-0.1, -0.05) is 52.9 Å². The largest absolute Gasteiger partial charge is 0.651 e. The smallest absolute Gasteiger partial charge is 0.116 e.